The number of benzene rings is 1. The number of rotatable bonds is 12. The van der Waals surface area contributed by atoms with Crippen molar-refractivity contribution in [2.45, 2.75) is 52.9 Å². The van der Waals surface area contributed by atoms with Gasteiger partial charge in [0.25, 0.3) is 0 Å². The van der Waals surface area contributed by atoms with Gasteiger partial charge in [0, 0.05) is 50.7 Å². The van der Waals surface area contributed by atoms with Crippen LogP contribution < -0.4 is 15.5 Å². The predicted octanol–water partition coefficient (Wildman–Crippen LogP) is 3.60. The summed E-state index contributed by atoms with van der Waals surface area (Å²) in [4.78, 5) is 11.5. The van der Waals surface area contributed by atoms with Crippen molar-refractivity contribution in [3.05, 3.63) is 42.0 Å². The quantitative estimate of drug-likeness (QED) is 0.322. The lowest BCUT2D eigenvalue weighted by molar-refractivity contribution is 0.368. The summed E-state index contributed by atoms with van der Waals surface area (Å²) in [6, 6.07) is 10.5. The zero-order valence-electron chi connectivity index (χ0n) is 18.3. The van der Waals surface area contributed by atoms with Gasteiger partial charge < -0.3 is 20.1 Å². The van der Waals surface area contributed by atoms with Gasteiger partial charge in [-0.05, 0) is 38.8 Å². The summed E-state index contributed by atoms with van der Waals surface area (Å²) >= 11 is 0. The molecule has 1 aromatic carbocycles. The lowest BCUT2D eigenvalue weighted by Crippen LogP contribution is -2.38. The molecular formula is C22H36N6O. The molecule has 0 atom stereocenters. The molecule has 0 spiro atoms. The van der Waals surface area contributed by atoms with E-state index in [9.17, 15) is 0 Å². The molecule has 7 nitrogen and oxygen atoms in total. The van der Waals surface area contributed by atoms with E-state index in [1.165, 1.54) is 5.69 Å². The Morgan fingerprint density at radius 1 is 1.14 bits per heavy atom. The molecule has 0 aliphatic carbocycles. The average molecular weight is 401 g/mol. The molecule has 2 N–H and O–H groups in total. The molecule has 1 aromatic heterocycles. The van der Waals surface area contributed by atoms with Crippen LogP contribution in [0.5, 0.6) is 0 Å². The summed E-state index contributed by atoms with van der Waals surface area (Å²) in [7, 11) is 0. The molecule has 1 heterocycles. The monoisotopic (exact) mass is 400 g/mol. The Hall–Kier alpha value is -2.57. The van der Waals surface area contributed by atoms with Crippen LogP contribution in [0.3, 0.4) is 0 Å². The van der Waals surface area contributed by atoms with Gasteiger partial charge in [-0.3, -0.25) is 4.99 Å². The maximum absolute atomic E-state index is 5.29. The number of nitrogens with zero attached hydrogens (tertiary/aromatic N) is 4. The number of guanidine groups is 1. The van der Waals surface area contributed by atoms with Gasteiger partial charge in [0.15, 0.2) is 11.8 Å². The van der Waals surface area contributed by atoms with E-state index in [1.54, 1.807) is 0 Å². The Labute approximate surface area is 175 Å². The van der Waals surface area contributed by atoms with Crippen molar-refractivity contribution in [3.8, 4) is 0 Å². The molecule has 0 bridgehead atoms. The van der Waals surface area contributed by atoms with Crippen LogP contribution in [0, 0.1) is 0 Å². The number of aromatic nitrogens is 2. The van der Waals surface area contributed by atoms with E-state index in [-0.39, 0.29) is 0 Å². The van der Waals surface area contributed by atoms with E-state index in [1.807, 2.05) is 0 Å². The van der Waals surface area contributed by atoms with Gasteiger partial charge in [-0.15, -0.1) is 0 Å². The lowest BCUT2D eigenvalue weighted by atomic mass is 10.2. The Morgan fingerprint density at radius 2 is 1.93 bits per heavy atom. The van der Waals surface area contributed by atoms with Crippen molar-refractivity contribution >= 4 is 11.6 Å². The second kappa shape index (κ2) is 12.8. The molecule has 0 aliphatic rings. The molecule has 0 aliphatic heterocycles. The summed E-state index contributed by atoms with van der Waals surface area (Å²) in [5.74, 6) is 2.64. The molecule has 0 radical (unpaired) electrons. The minimum absolute atomic E-state index is 0.295. The molecule has 0 saturated carbocycles. The number of nitrogens with one attached hydrogen (secondary N) is 2. The first-order chi connectivity index (χ1) is 14.1. The summed E-state index contributed by atoms with van der Waals surface area (Å²) in [6.45, 7) is 12.9. The molecule has 0 amide bonds. The molecule has 0 unspecified atom stereocenters. The normalized spacial score (nSPS) is 11.7. The van der Waals surface area contributed by atoms with Crippen LogP contribution in [0.4, 0.5) is 5.69 Å². The fraction of sp³-hybridized carbons (Fsp3) is 0.591. The van der Waals surface area contributed by atoms with Gasteiger partial charge in [0.05, 0.1) is 0 Å². The van der Waals surface area contributed by atoms with Crippen LogP contribution >= 0.6 is 0 Å². The third-order valence-corrected chi connectivity index (χ3v) is 4.56. The number of aliphatic imine (C=N–C) groups is 1. The fourth-order valence-electron chi connectivity index (χ4n) is 2.95. The first-order valence-corrected chi connectivity index (χ1v) is 10.8. The highest BCUT2D eigenvalue weighted by atomic mass is 16.5. The largest absolute Gasteiger partial charge is 0.372 e. The van der Waals surface area contributed by atoms with Crippen molar-refractivity contribution < 1.29 is 4.52 Å². The average Bonchev–Trinajstić information content (AvgIpc) is 3.21. The van der Waals surface area contributed by atoms with Gasteiger partial charge in [-0.2, -0.15) is 4.98 Å². The van der Waals surface area contributed by atoms with Crippen molar-refractivity contribution in [3.63, 3.8) is 0 Å². The molecular weight excluding hydrogens is 364 g/mol. The van der Waals surface area contributed by atoms with Crippen molar-refractivity contribution in [2.75, 3.05) is 37.6 Å². The number of aryl methyl sites for hydroxylation is 1. The highest BCUT2D eigenvalue weighted by molar-refractivity contribution is 5.79. The minimum Gasteiger partial charge on any atom is -0.372 e. The van der Waals surface area contributed by atoms with Crippen molar-refractivity contribution in [1.82, 2.24) is 20.8 Å². The van der Waals surface area contributed by atoms with E-state index in [2.05, 4.69) is 83.7 Å². The Morgan fingerprint density at radius 3 is 2.59 bits per heavy atom. The molecule has 0 fully saturated rings. The zero-order chi connectivity index (χ0) is 20.9. The van der Waals surface area contributed by atoms with Crippen LogP contribution in [-0.4, -0.2) is 48.8 Å². The van der Waals surface area contributed by atoms with Gasteiger partial charge in [0.2, 0.25) is 5.89 Å². The first kappa shape index (κ1) is 22.7. The van der Waals surface area contributed by atoms with Crippen LogP contribution in [0.1, 0.15) is 58.2 Å². The van der Waals surface area contributed by atoms with Gasteiger partial charge >= 0.3 is 0 Å². The van der Waals surface area contributed by atoms with Crippen LogP contribution in [0.2, 0.25) is 0 Å². The number of anilines is 1. The van der Waals surface area contributed by atoms with E-state index in [0.29, 0.717) is 11.8 Å². The number of hydrogen-bond acceptors (Lipinski definition) is 5. The van der Waals surface area contributed by atoms with Gasteiger partial charge in [-0.25, -0.2) is 0 Å². The third kappa shape index (κ3) is 8.13. The highest BCUT2D eigenvalue weighted by Gasteiger charge is 2.09. The van der Waals surface area contributed by atoms with Gasteiger partial charge in [0.1, 0.15) is 0 Å². The van der Waals surface area contributed by atoms with Crippen LogP contribution in [-0.2, 0) is 6.42 Å². The minimum atomic E-state index is 0.295. The smallest absolute Gasteiger partial charge is 0.226 e. The third-order valence-electron chi connectivity index (χ3n) is 4.56. The second-order valence-corrected chi connectivity index (χ2v) is 7.26. The second-order valence-electron chi connectivity index (χ2n) is 7.26. The van der Waals surface area contributed by atoms with E-state index in [0.717, 1.165) is 63.8 Å². The Balaban J connectivity index is 1.71. The summed E-state index contributed by atoms with van der Waals surface area (Å²) in [6.07, 6.45) is 2.70. The van der Waals surface area contributed by atoms with Crippen LogP contribution in [0.15, 0.2) is 39.8 Å². The summed E-state index contributed by atoms with van der Waals surface area (Å²) in [5.41, 5.74) is 1.27. The highest BCUT2D eigenvalue weighted by Crippen LogP contribution is 2.13. The van der Waals surface area contributed by atoms with E-state index in [4.69, 9.17) is 9.52 Å². The van der Waals surface area contributed by atoms with E-state index >= 15 is 0 Å². The van der Waals surface area contributed by atoms with Gasteiger partial charge in [-0.1, -0.05) is 37.2 Å². The standard InChI is InChI=1S/C22H36N6O/c1-5-23-22(24-15-10-14-20-26-21(18(3)4)27-29-20)25-16-11-17-28(6-2)19-12-8-7-9-13-19/h7-9,12-13,18H,5-6,10-11,14-17H2,1-4H3,(H2,23,24,25). The topological polar surface area (TPSA) is 78.6 Å². The SMILES string of the molecule is CCNC(=NCCCN(CC)c1ccccc1)NCCCc1nc(C(C)C)no1. The van der Waals surface area contributed by atoms with Crippen LogP contribution in [0.25, 0.3) is 0 Å². The Bertz CT molecular complexity index is 713. The molecule has 7 heteroatoms. The molecule has 2 rings (SSSR count). The molecule has 160 valence electrons. The number of hydrogen-bond donors (Lipinski definition) is 2. The maximum Gasteiger partial charge on any atom is 0.226 e. The molecule has 29 heavy (non-hydrogen) atoms. The molecule has 2 aromatic rings. The Kier molecular flexibility index (Phi) is 10.0. The van der Waals surface area contributed by atoms with Crippen molar-refractivity contribution in [1.29, 1.82) is 0 Å². The number of para-hydroxylation sites is 1. The first-order valence-electron chi connectivity index (χ1n) is 10.8. The summed E-state index contributed by atoms with van der Waals surface area (Å²) < 4.78 is 5.29. The summed E-state index contributed by atoms with van der Waals surface area (Å²) in [5, 5.41) is 10.7. The predicted molar refractivity (Wildman–Crippen MR) is 120 cm³/mol. The zero-order valence-corrected chi connectivity index (χ0v) is 18.3. The van der Waals surface area contributed by atoms with Crippen molar-refractivity contribution in [2.24, 2.45) is 4.99 Å². The fourth-order valence-corrected chi connectivity index (χ4v) is 2.95. The van der Waals surface area contributed by atoms with E-state index < -0.39 is 0 Å². The lowest BCUT2D eigenvalue weighted by Gasteiger charge is -2.22. The maximum atomic E-state index is 5.29. The molecule has 0 saturated heterocycles.